The van der Waals surface area contributed by atoms with Crippen LogP contribution in [0.15, 0.2) is 18.2 Å². The molecule has 5 heteroatoms. The number of hydrogen-bond acceptors (Lipinski definition) is 3. The molecule has 1 aromatic carbocycles. The summed E-state index contributed by atoms with van der Waals surface area (Å²) in [5.74, 6) is -0.644. The summed E-state index contributed by atoms with van der Waals surface area (Å²) >= 11 is 0. The summed E-state index contributed by atoms with van der Waals surface area (Å²) in [4.78, 5) is 13.8. The van der Waals surface area contributed by atoms with Gasteiger partial charge in [0.15, 0.2) is 11.6 Å². The van der Waals surface area contributed by atoms with Crippen LogP contribution in [0, 0.1) is 11.7 Å². The largest absolute Gasteiger partial charge is 0.505 e. The van der Waals surface area contributed by atoms with Crippen LogP contribution in [0.1, 0.15) is 32.3 Å². The molecule has 0 aromatic heterocycles. The van der Waals surface area contributed by atoms with Crippen LogP contribution in [-0.4, -0.2) is 35.0 Å². The van der Waals surface area contributed by atoms with Crippen molar-refractivity contribution < 1.29 is 14.3 Å². The lowest BCUT2D eigenvalue weighted by atomic mass is 10.0. The zero-order valence-corrected chi connectivity index (χ0v) is 12.6. The molecule has 0 unspecified atom stereocenters. The number of aromatic hydroxyl groups is 1. The van der Waals surface area contributed by atoms with E-state index in [1.165, 1.54) is 12.1 Å². The van der Waals surface area contributed by atoms with Gasteiger partial charge < -0.3 is 15.3 Å². The van der Waals surface area contributed by atoms with Gasteiger partial charge in [0.05, 0.1) is 0 Å². The molecule has 1 aromatic rings. The van der Waals surface area contributed by atoms with E-state index in [1.54, 1.807) is 6.07 Å². The van der Waals surface area contributed by atoms with Crippen molar-refractivity contribution in [3.05, 3.63) is 29.6 Å². The average Bonchev–Trinajstić information content (AvgIpc) is 2.48. The van der Waals surface area contributed by atoms with Crippen molar-refractivity contribution >= 4 is 5.91 Å². The molecule has 1 amide bonds. The van der Waals surface area contributed by atoms with Crippen molar-refractivity contribution in [3.8, 4) is 5.75 Å². The standard InChI is InChI=1S/C16H23FN2O2/c1-11(2)16(21)19-7-5-13(6-8-19)18-10-12-3-4-15(20)14(17)9-12/h3-4,9,11,13,18,20H,5-8,10H2,1-2H3. The summed E-state index contributed by atoms with van der Waals surface area (Å²) in [6.07, 6.45) is 1.83. The third-order valence-corrected chi connectivity index (χ3v) is 3.91. The molecule has 116 valence electrons. The fourth-order valence-electron chi connectivity index (χ4n) is 2.59. The van der Waals surface area contributed by atoms with Gasteiger partial charge in [0.25, 0.3) is 0 Å². The maximum Gasteiger partial charge on any atom is 0.225 e. The minimum Gasteiger partial charge on any atom is -0.505 e. The van der Waals surface area contributed by atoms with Gasteiger partial charge in [-0.3, -0.25) is 4.79 Å². The maximum atomic E-state index is 13.2. The van der Waals surface area contributed by atoms with Gasteiger partial charge in [-0.25, -0.2) is 4.39 Å². The number of rotatable bonds is 4. The second kappa shape index (κ2) is 6.89. The normalized spacial score (nSPS) is 16.5. The molecule has 1 saturated heterocycles. The highest BCUT2D eigenvalue weighted by atomic mass is 19.1. The lowest BCUT2D eigenvalue weighted by Gasteiger charge is -2.33. The number of carbonyl (C=O) groups is 1. The molecule has 1 fully saturated rings. The van der Waals surface area contributed by atoms with E-state index in [0.29, 0.717) is 12.6 Å². The third kappa shape index (κ3) is 4.17. The predicted molar refractivity (Wildman–Crippen MR) is 79.3 cm³/mol. The first-order valence-electron chi connectivity index (χ1n) is 7.47. The number of halogens is 1. The fraction of sp³-hybridized carbons (Fsp3) is 0.562. The number of likely N-dealkylation sites (tertiary alicyclic amines) is 1. The van der Waals surface area contributed by atoms with Gasteiger partial charge in [-0.05, 0) is 30.5 Å². The van der Waals surface area contributed by atoms with Crippen molar-refractivity contribution in [1.29, 1.82) is 0 Å². The lowest BCUT2D eigenvalue weighted by Crippen LogP contribution is -2.45. The molecule has 1 aliphatic heterocycles. The lowest BCUT2D eigenvalue weighted by molar-refractivity contribution is -0.135. The highest BCUT2D eigenvalue weighted by Crippen LogP contribution is 2.17. The molecular formula is C16H23FN2O2. The van der Waals surface area contributed by atoms with Crippen molar-refractivity contribution in [3.63, 3.8) is 0 Å². The van der Waals surface area contributed by atoms with Crippen LogP contribution in [0.4, 0.5) is 4.39 Å². The zero-order chi connectivity index (χ0) is 15.4. The number of benzene rings is 1. The number of phenols is 1. The first-order chi connectivity index (χ1) is 9.97. The molecule has 1 aliphatic rings. The molecule has 0 radical (unpaired) electrons. The van der Waals surface area contributed by atoms with E-state index in [2.05, 4.69) is 5.32 Å². The van der Waals surface area contributed by atoms with Crippen molar-refractivity contribution in [2.24, 2.45) is 5.92 Å². The minimum absolute atomic E-state index is 0.0504. The minimum atomic E-state index is -0.591. The molecule has 0 saturated carbocycles. The van der Waals surface area contributed by atoms with Crippen LogP contribution in [0.5, 0.6) is 5.75 Å². The van der Waals surface area contributed by atoms with Crippen molar-refractivity contribution in [1.82, 2.24) is 10.2 Å². The highest BCUT2D eigenvalue weighted by molar-refractivity contribution is 5.78. The van der Waals surface area contributed by atoms with E-state index in [4.69, 9.17) is 5.11 Å². The Labute approximate surface area is 125 Å². The summed E-state index contributed by atoms with van der Waals surface area (Å²) in [7, 11) is 0. The van der Waals surface area contributed by atoms with Crippen LogP contribution >= 0.6 is 0 Å². The Bertz CT molecular complexity index is 497. The second-order valence-corrected chi connectivity index (χ2v) is 5.92. The van der Waals surface area contributed by atoms with Crippen LogP contribution in [0.3, 0.4) is 0 Å². The molecule has 1 heterocycles. The molecule has 2 rings (SSSR count). The van der Waals surface area contributed by atoms with E-state index in [-0.39, 0.29) is 17.6 Å². The smallest absolute Gasteiger partial charge is 0.225 e. The van der Waals surface area contributed by atoms with Crippen LogP contribution < -0.4 is 5.32 Å². The number of amides is 1. The molecule has 21 heavy (non-hydrogen) atoms. The Morgan fingerprint density at radius 2 is 2.10 bits per heavy atom. The molecule has 0 aliphatic carbocycles. The Kier molecular flexibility index (Phi) is 5.17. The second-order valence-electron chi connectivity index (χ2n) is 5.92. The number of nitrogens with zero attached hydrogens (tertiary/aromatic N) is 1. The van der Waals surface area contributed by atoms with E-state index < -0.39 is 5.82 Å². The summed E-state index contributed by atoms with van der Waals surface area (Å²) in [6.45, 7) is 5.97. The van der Waals surface area contributed by atoms with E-state index in [0.717, 1.165) is 31.5 Å². The summed E-state index contributed by atoms with van der Waals surface area (Å²) in [6, 6.07) is 4.77. The predicted octanol–water partition coefficient (Wildman–Crippen LogP) is 2.27. The average molecular weight is 294 g/mol. The summed E-state index contributed by atoms with van der Waals surface area (Å²) in [5.41, 5.74) is 0.811. The number of carbonyl (C=O) groups excluding carboxylic acids is 1. The van der Waals surface area contributed by atoms with E-state index in [1.807, 2.05) is 18.7 Å². The van der Waals surface area contributed by atoms with E-state index in [9.17, 15) is 9.18 Å². The topological polar surface area (TPSA) is 52.6 Å². The monoisotopic (exact) mass is 294 g/mol. The molecule has 4 nitrogen and oxygen atoms in total. The zero-order valence-electron chi connectivity index (χ0n) is 12.6. The Morgan fingerprint density at radius 3 is 2.67 bits per heavy atom. The van der Waals surface area contributed by atoms with Gasteiger partial charge >= 0.3 is 0 Å². The van der Waals surface area contributed by atoms with Crippen LogP contribution in [-0.2, 0) is 11.3 Å². The molecule has 2 N–H and O–H groups in total. The summed E-state index contributed by atoms with van der Waals surface area (Å²) in [5, 5.41) is 12.5. The molecular weight excluding hydrogens is 271 g/mol. The quantitative estimate of drug-likeness (QED) is 0.895. The maximum absolute atomic E-state index is 13.2. The first kappa shape index (κ1) is 15.8. The molecule has 0 atom stereocenters. The van der Waals surface area contributed by atoms with Crippen LogP contribution in [0.25, 0.3) is 0 Å². The van der Waals surface area contributed by atoms with Gasteiger partial charge in [-0.15, -0.1) is 0 Å². The van der Waals surface area contributed by atoms with Crippen molar-refractivity contribution in [2.75, 3.05) is 13.1 Å². The van der Waals surface area contributed by atoms with Gasteiger partial charge in [-0.2, -0.15) is 0 Å². The number of hydrogen-bond donors (Lipinski definition) is 2. The first-order valence-corrected chi connectivity index (χ1v) is 7.47. The number of piperidine rings is 1. The van der Waals surface area contributed by atoms with Crippen LogP contribution in [0.2, 0.25) is 0 Å². The highest BCUT2D eigenvalue weighted by Gasteiger charge is 2.23. The van der Waals surface area contributed by atoms with E-state index >= 15 is 0 Å². The van der Waals surface area contributed by atoms with Crippen molar-refractivity contribution in [2.45, 2.75) is 39.3 Å². The van der Waals surface area contributed by atoms with Gasteiger partial charge in [0.2, 0.25) is 5.91 Å². The fourth-order valence-corrected chi connectivity index (χ4v) is 2.59. The Morgan fingerprint density at radius 1 is 1.43 bits per heavy atom. The van der Waals surface area contributed by atoms with Gasteiger partial charge in [0.1, 0.15) is 0 Å². The summed E-state index contributed by atoms with van der Waals surface area (Å²) < 4.78 is 13.2. The Hall–Kier alpha value is -1.62. The SMILES string of the molecule is CC(C)C(=O)N1CCC(NCc2ccc(O)c(F)c2)CC1. The number of phenolic OH excluding ortho intramolecular Hbond substituents is 1. The molecule has 0 spiro atoms. The van der Waals surface area contributed by atoms with Gasteiger partial charge in [0, 0.05) is 31.6 Å². The Balaban J connectivity index is 1.78. The van der Waals surface area contributed by atoms with Gasteiger partial charge in [-0.1, -0.05) is 19.9 Å². The number of nitrogens with one attached hydrogen (secondary N) is 1. The third-order valence-electron chi connectivity index (χ3n) is 3.91. The molecule has 0 bridgehead atoms.